The Morgan fingerprint density at radius 1 is 1.16 bits per heavy atom. The van der Waals surface area contributed by atoms with Crippen LogP contribution in [-0.2, 0) is 9.59 Å². The topological polar surface area (TPSA) is 85.9 Å². The first-order chi connectivity index (χ1) is 15.3. The molecule has 1 aromatic heterocycles. The van der Waals surface area contributed by atoms with Crippen LogP contribution < -0.4 is 5.32 Å². The number of piperidine rings is 1. The fraction of sp³-hybridized carbons (Fsp3) is 0.522. The number of thiocarbonyl (C=S) groups is 1. The van der Waals surface area contributed by atoms with Gasteiger partial charge in [0.05, 0.1) is 17.7 Å². The number of nitrogens with one attached hydrogen (secondary N) is 1. The highest BCUT2D eigenvalue weighted by Gasteiger charge is 2.36. The van der Waals surface area contributed by atoms with Crippen LogP contribution in [-0.4, -0.2) is 81.8 Å². The maximum atomic E-state index is 13.2. The molecular weight excluding hydrogens is 426 g/mol. The van der Waals surface area contributed by atoms with Crippen LogP contribution in [0.1, 0.15) is 53.3 Å². The molecule has 8 nitrogen and oxygen atoms in total. The number of amides is 3. The van der Waals surface area contributed by atoms with Crippen LogP contribution in [0.5, 0.6) is 0 Å². The van der Waals surface area contributed by atoms with Crippen LogP contribution in [0.2, 0.25) is 0 Å². The van der Waals surface area contributed by atoms with Gasteiger partial charge in [-0.3, -0.25) is 24.3 Å². The predicted octanol–water partition coefficient (Wildman–Crippen LogP) is 1.60. The molecule has 4 rings (SSSR count). The van der Waals surface area contributed by atoms with Crippen molar-refractivity contribution >= 4 is 35.1 Å². The number of hydrogen-bond acceptors (Lipinski definition) is 5. The van der Waals surface area contributed by atoms with E-state index in [0.29, 0.717) is 30.3 Å². The Hall–Kier alpha value is -2.81. The summed E-state index contributed by atoms with van der Waals surface area (Å²) in [7, 11) is 1.61. The second kappa shape index (κ2) is 9.36. The molecule has 0 bridgehead atoms. The van der Waals surface area contributed by atoms with Crippen molar-refractivity contribution in [3.63, 3.8) is 0 Å². The monoisotopic (exact) mass is 455 g/mol. The van der Waals surface area contributed by atoms with Crippen molar-refractivity contribution in [1.82, 2.24) is 25.0 Å². The first-order valence-corrected chi connectivity index (χ1v) is 11.5. The summed E-state index contributed by atoms with van der Waals surface area (Å²) >= 11 is 5.09. The molecule has 1 atom stereocenters. The van der Waals surface area contributed by atoms with Gasteiger partial charge in [0, 0.05) is 44.8 Å². The van der Waals surface area contributed by atoms with Crippen molar-refractivity contribution < 1.29 is 14.4 Å². The normalized spacial score (nSPS) is 21.8. The number of hydrogen-bond donors (Lipinski definition) is 1. The Morgan fingerprint density at radius 2 is 1.91 bits per heavy atom. The molecular formula is C23H29N5O3S. The van der Waals surface area contributed by atoms with Crippen molar-refractivity contribution in [2.24, 2.45) is 0 Å². The van der Waals surface area contributed by atoms with Gasteiger partial charge in [-0.15, -0.1) is 0 Å². The van der Waals surface area contributed by atoms with E-state index < -0.39 is 6.04 Å². The lowest BCUT2D eigenvalue weighted by Gasteiger charge is -2.33. The van der Waals surface area contributed by atoms with Crippen molar-refractivity contribution in [3.8, 4) is 0 Å². The molecule has 0 saturated carbocycles. The second-order valence-corrected chi connectivity index (χ2v) is 9.04. The molecule has 3 amide bonds. The average molecular weight is 456 g/mol. The van der Waals surface area contributed by atoms with Gasteiger partial charge in [0.2, 0.25) is 5.91 Å². The lowest BCUT2D eigenvalue weighted by molar-refractivity contribution is -0.136. The zero-order chi connectivity index (χ0) is 22.8. The minimum absolute atomic E-state index is 0.0289. The number of likely N-dealkylation sites (N-methyl/N-ethyl adjacent to an activating group) is 1. The maximum Gasteiger partial charge on any atom is 0.256 e. The fourth-order valence-corrected chi connectivity index (χ4v) is 4.78. The number of rotatable bonds is 4. The van der Waals surface area contributed by atoms with E-state index in [1.165, 1.54) is 4.90 Å². The van der Waals surface area contributed by atoms with E-state index in [2.05, 4.69) is 11.4 Å². The molecule has 1 unspecified atom stereocenters. The van der Waals surface area contributed by atoms with Crippen molar-refractivity contribution in [2.45, 2.75) is 44.6 Å². The number of aromatic nitrogens is 1. The summed E-state index contributed by atoms with van der Waals surface area (Å²) in [6.07, 6.45) is 6.59. The number of nitrogens with zero attached hydrogens (tertiary/aromatic N) is 4. The third-order valence-corrected chi connectivity index (χ3v) is 6.88. The highest BCUT2D eigenvalue weighted by Crippen LogP contribution is 2.30. The van der Waals surface area contributed by atoms with Gasteiger partial charge in [0.25, 0.3) is 11.8 Å². The Kier molecular flexibility index (Phi) is 6.55. The summed E-state index contributed by atoms with van der Waals surface area (Å²) in [4.78, 5) is 47.9. The van der Waals surface area contributed by atoms with E-state index in [4.69, 9.17) is 17.2 Å². The van der Waals surface area contributed by atoms with E-state index in [1.54, 1.807) is 11.9 Å². The molecule has 0 radical (unpaired) electrons. The van der Waals surface area contributed by atoms with E-state index in [1.807, 2.05) is 30.0 Å². The smallest absolute Gasteiger partial charge is 0.256 e. The predicted molar refractivity (Wildman–Crippen MR) is 124 cm³/mol. The third-order valence-electron chi connectivity index (χ3n) is 6.48. The van der Waals surface area contributed by atoms with Gasteiger partial charge >= 0.3 is 0 Å². The van der Waals surface area contributed by atoms with Crippen molar-refractivity contribution in [1.29, 1.82) is 0 Å². The Morgan fingerprint density at radius 3 is 2.53 bits per heavy atom. The lowest BCUT2D eigenvalue weighted by Crippen LogP contribution is -2.42. The number of pyridine rings is 1. The first-order valence-electron chi connectivity index (χ1n) is 11.1. The summed E-state index contributed by atoms with van der Waals surface area (Å²) in [6, 6.07) is 3.20. The highest BCUT2D eigenvalue weighted by molar-refractivity contribution is 7.80. The largest absolute Gasteiger partial charge is 0.350 e. The summed E-state index contributed by atoms with van der Waals surface area (Å²) < 4.78 is 0. The molecule has 3 aliphatic heterocycles. The minimum atomic E-state index is -0.584. The van der Waals surface area contributed by atoms with E-state index >= 15 is 0 Å². The Balaban J connectivity index is 1.41. The maximum absolute atomic E-state index is 13.2. The zero-order valence-electron chi connectivity index (χ0n) is 18.5. The SMILES string of the molecule is Cc1ccc(C(=O)N2CC=CCC2)c(C2CCN(C(=O)CC3NC(=S)N(C)C3=O)CC2)n1. The van der Waals surface area contributed by atoms with Crippen LogP contribution in [0.25, 0.3) is 0 Å². The number of carbonyl (C=O) groups excluding carboxylic acids is 3. The molecule has 9 heteroatoms. The molecule has 0 spiro atoms. The van der Waals surface area contributed by atoms with Gasteiger partial charge in [0.1, 0.15) is 6.04 Å². The van der Waals surface area contributed by atoms with Gasteiger partial charge in [0.15, 0.2) is 5.11 Å². The van der Waals surface area contributed by atoms with E-state index in [9.17, 15) is 14.4 Å². The molecule has 1 aromatic rings. The summed E-state index contributed by atoms with van der Waals surface area (Å²) in [6.45, 7) is 4.46. The number of aryl methyl sites for hydroxylation is 1. The molecule has 0 aromatic carbocycles. The molecule has 170 valence electrons. The van der Waals surface area contributed by atoms with Gasteiger partial charge in [-0.2, -0.15) is 0 Å². The fourth-order valence-electron chi connectivity index (χ4n) is 4.55. The van der Waals surface area contributed by atoms with E-state index in [-0.39, 0.29) is 30.1 Å². The molecule has 32 heavy (non-hydrogen) atoms. The molecule has 2 fully saturated rings. The van der Waals surface area contributed by atoms with Crippen LogP contribution in [0.4, 0.5) is 0 Å². The average Bonchev–Trinajstić information content (AvgIpc) is 3.05. The van der Waals surface area contributed by atoms with Crippen LogP contribution in [0.3, 0.4) is 0 Å². The zero-order valence-corrected chi connectivity index (χ0v) is 19.4. The van der Waals surface area contributed by atoms with Gasteiger partial charge in [-0.05, 0) is 50.5 Å². The summed E-state index contributed by atoms with van der Waals surface area (Å²) in [5.74, 6) is -0.0663. The van der Waals surface area contributed by atoms with Gasteiger partial charge in [-0.25, -0.2) is 0 Å². The molecule has 2 saturated heterocycles. The quantitative estimate of drug-likeness (QED) is 0.548. The third kappa shape index (κ3) is 4.53. The minimum Gasteiger partial charge on any atom is -0.350 e. The van der Waals surface area contributed by atoms with Crippen LogP contribution in [0, 0.1) is 6.92 Å². The molecule has 1 N–H and O–H groups in total. The summed E-state index contributed by atoms with van der Waals surface area (Å²) in [5, 5.41) is 3.28. The lowest BCUT2D eigenvalue weighted by atomic mass is 9.89. The van der Waals surface area contributed by atoms with Gasteiger partial charge in [-0.1, -0.05) is 12.2 Å². The standard InChI is InChI=1S/C23H29N5O3S/c1-15-6-7-17(21(30)28-10-4-3-5-11-28)20(24-15)16-8-12-27(13-9-16)19(29)14-18-22(31)26(2)23(32)25-18/h3-4,6-7,16,18H,5,8-14H2,1-2H3,(H,25,32). The first kappa shape index (κ1) is 22.4. The second-order valence-electron chi connectivity index (χ2n) is 8.66. The molecule has 0 aliphatic carbocycles. The summed E-state index contributed by atoms with van der Waals surface area (Å²) in [5.41, 5.74) is 2.41. The number of carbonyl (C=O) groups is 3. The Bertz CT molecular complexity index is 970. The van der Waals surface area contributed by atoms with Crippen LogP contribution >= 0.6 is 12.2 Å². The van der Waals surface area contributed by atoms with Crippen molar-refractivity contribution in [3.05, 3.63) is 41.2 Å². The Labute approximate surface area is 193 Å². The molecule has 3 aliphatic rings. The van der Waals surface area contributed by atoms with Crippen molar-refractivity contribution in [2.75, 3.05) is 33.2 Å². The van der Waals surface area contributed by atoms with E-state index in [0.717, 1.165) is 37.2 Å². The van der Waals surface area contributed by atoms with Crippen LogP contribution in [0.15, 0.2) is 24.3 Å². The molecule has 4 heterocycles. The number of likely N-dealkylation sites (tertiary alicyclic amines) is 1. The highest BCUT2D eigenvalue weighted by atomic mass is 32.1. The van der Waals surface area contributed by atoms with Gasteiger partial charge < -0.3 is 15.1 Å².